The highest BCUT2D eigenvalue weighted by molar-refractivity contribution is 7.99. The van der Waals surface area contributed by atoms with Crippen LogP contribution >= 0.6 is 11.8 Å². The lowest BCUT2D eigenvalue weighted by atomic mass is 10.2. The van der Waals surface area contributed by atoms with Crippen molar-refractivity contribution in [1.82, 2.24) is 19.8 Å². The molecule has 1 aromatic heterocycles. The summed E-state index contributed by atoms with van der Waals surface area (Å²) in [6.07, 6.45) is 1.40. The van der Waals surface area contributed by atoms with Crippen molar-refractivity contribution in [2.75, 3.05) is 49.9 Å². The number of amides is 1. The molecular formula is C19H23N5O2S. The number of rotatable bonds is 5. The van der Waals surface area contributed by atoms with Crippen LogP contribution in [0, 0.1) is 0 Å². The molecule has 0 saturated carbocycles. The van der Waals surface area contributed by atoms with Gasteiger partial charge >= 0.3 is 0 Å². The minimum absolute atomic E-state index is 0.134. The third kappa shape index (κ3) is 4.01. The fourth-order valence-electron chi connectivity index (χ4n) is 3.46. The molecule has 3 heterocycles. The first kappa shape index (κ1) is 18.1. The molecule has 8 heteroatoms. The molecule has 0 radical (unpaired) electrons. The Labute approximate surface area is 162 Å². The summed E-state index contributed by atoms with van der Waals surface area (Å²) in [7, 11) is 0. The highest BCUT2D eigenvalue weighted by atomic mass is 32.2. The van der Waals surface area contributed by atoms with Crippen molar-refractivity contribution in [3.63, 3.8) is 0 Å². The fraction of sp³-hybridized carbons (Fsp3) is 0.421. The Hall–Kier alpha value is -2.32. The lowest BCUT2D eigenvalue weighted by Crippen LogP contribution is -2.48. The molecule has 27 heavy (non-hydrogen) atoms. The smallest absolute Gasteiger partial charge is 0.267 e. The molecule has 0 bridgehead atoms. The summed E-state index contributed by atoms with van der Waals surface area (Å²) in [5.74, 6) is 0.505. The van der Waals surface area contributed by atoms with Crippen molar-refractivity contribution in [2.45, 2.75) is 11.7 Å². The summed E-state index contributed by atoms with van der Waals surface area (Å²) in [4.78, 5) is 33.7. The van der Waals surface area contributed by atoms with Crippen LogP contribution in [0.15, 0.2) is 46.5 Å². The number of carbonyl (C=O) groups is 1. The Bertz CT molecular complexity index is 862. The summed E-state index contributed by atoms with van der Waals surface area (Å²) in [5.41, 5.74) is 1.15. The molecule has 4 rings (SSSR count). The van der Waals surface area contributed by atoms with Crippen LogP contribution in [0.2, 0.25) is 0 Å². The number of anilines is 1. The average Bonchev–Trinajstić information content (AvgIpc) is 3.19. The number of benzene rings is 1. The highest BCUT2D eigenvalue weighted by Crippen LogP contribution is 2.20. The minimum atomic E-state index is -0.331. The van der Waals surface area contributed by atoms with Crippen LogP contribution in [-0.4, -0.2) is 65.4 Å². The van der Waals surface area contributed by atoms with Gasteiger partial charge in [-0.1, -0.05) is 30.0 Å². The quantitative estimate of drug-likeness (QED) is 0.772. The second kappa shape index (κ2) is 8.14. The fourth-order valence-corrected chi connectivity index (χ4v) is 4.38. The normalized spacial score (nSPS) is 17.0. The standard InChI is InChI=1S/C19H23N5O2S/c25-17(16-14-21-19-24(18(16)26)12-13-27-19)20-6-7-22-8-10-23(11-9-22)15-4-2-1-3-5-15/h1-5,14H,6-13H2,(H,20,25). The number of fused-ring (bicyclic) bond motifs is 1. The average molecular weight is 385 g/mol. The van der Waals surface area contributed by atoms with Gasteiger partial charge in [-0.3, -0.25) is 19.1 Å². The van der Waals surface area contributed by atoms with Crippen molar-refractivity contribution >= 4 is 23.4 Å². The van der Waals surface area contributed by atoms with Crippen molar-refractivity contribution < 1.29 is 4.79 Å². The lowest BCUT2D eigenvalue weighted by molar-refractivity contribution is 0.0945. The molecule has 0 aliphatic carbocycles. The van der Waals surface area contributed by atoms with Crippen molar-refractivity contribution in [1.29, 1.82) is 0 Å². The van der Waals surface area contributed by atoms with Crippen molar-refractivity contribution in [2.24, 2.45) is 0 Å². The second-order valence-corrected chi connectivity index (χ2v) is 7.74. The zero-order valence-corrected chi connectivity index (χ0v) is 16.0. The number of nitrogens with zero attached hydrogens (tertiary/aromatic N) is 4. The van der Waals surface area contributed by atoms with E-state index >= 15 is 0 Å². The Balaban J connectivity index is 1.25. The Morgan fingerprint density at radius 1 is 1.11 bits per heavy atom. The molecule has 1 N–H and O–H groups in total. The monoisotopic (exact) mass is 385 g/mol. The number of para-hydroxylation sites is 1. The molecule has 1 amide bonds. The molecule has 142 valence electrons. The van der Waals surface area contributed by atoms with Gasteiger partial charge in [0, 0.05) is 63.5 Å². The summed E-state index contributed by atoms with van der Waals surface area (Å²) in [6, 6.07) is 10.4. The first-order valence-corrected chi connectivity index (χ1v) is 10.2. The number of hydrogen-bond acceptors (Lipinski definition) is 6. The maximum atomic E-state index is 12.4. The van der Waals surface area contributed by atoms with Crippen molar-refractivity contribution in [3.05, 3.63) is 52.4 Å². The molecule has 1 saturated heterocycles. The van der Waals surface area contributed by atoms with Crippen LogP contribution in [0.3, 0.4) is 0 Å². The highest BCUT2D eigenvalue weighted by Gasteiger charge is 2.20. The lowest BCUT2D eigenvalue weighted by Gasteiger charge is -2.36. The van der Waals surface area contributed by atoms with E-state index in [1.54, 1.807) is 16.3 Å². The molecule has 2 aliphatic rings. The number of hydrogen-bond donors (Lipinski definition) is 1. The second-order valence-electron chi connectivity index (χ2n) is 6.68. The molecule has 2 aromatic rings. The van der Waals surface area contributed by atoms with Crippen LogP contribution in [0.4, 0.5) is 5.69 Å². The number of aromatic nitrogens is 2. The number of carbonyl (C=O) groups excluding carboxylic acids is 1. The molecular weight excluding hydrogens is 362 g/mol. The van der Waals surface area contributed by atoms with E-state index in [-0.39, 0.29) is 17.0 Å². The van der Waals surface area contributed by atoms with Crippen LogP contribution in [0.25, 0.3) is 0 Å². The van der Waals surface area contributed by atoms with E-state index in [1.165, 1.54) is 11.9 Å². The molecule has 0 unspecified atom stereocenters. The molecule has 0 atom stereocenters. The van der Waals surface area contributed by atoms with Gasteiger partial charge < -0.3 is 10.2 Å². The predicted octanol–water partition coefficient (Wildman–Crippen LogP) is 0.901. The third-order valence-corrected chi connectivity index (χ3v) is 5.98. The maximum absolute atomic E-state index is 12.4. The first-order valence-electron chi connectivity index (χ1n) is 9.25. The SMILES string of the molecule is O=C(NCCN1CCN(c2ccccc2)CC1)c1cnc2n(c1=O)CCS2. The molecule has 7 nitrogen and oxygen atoms in total. The van der Waals surface area contributed by atoms with Crippen LogP contribution in [-0.2, 0) is 6.54 Å². The Morgan fingerprint density at radius 3 is 2.67 bits per heavy atom. The third-order valence-electron chi connectivity index (χ3n) is 5.01. The van der Waals surface area contributed by atoms with E-state index in [4.69, 9.17) is 0 Å². The van der Waals surface area contributed by atoms with Gasteiger partial charge in [-0.2, -0.15) is 0 Å². The minimum Gasteiger partial charge on any atom is -0.369 e. The van der Waals surface area contributed by atoms with Crippen LogP contribution in [0.5, 0.6) is 0 Å². The Kier molecular flexibility index (Phi) is 5.45. The molecule has 2 aliphatic heterocycles. The first-order chi connectivity index (χ1) is 13.2. The topological polar surface area (TPSA) is 70.5 Å². The summed E-state index contributed by atoms with van der Waals surface area (Å²) >= 11 is 1.55. The maximum Gasteiger partial charge on any atom is 0.267 e. The zero-order valence-electron chi connectivity index (χ0n) is 15.1. The number of nitrogens with one attached hydrogen (secondary N) is 1. The van der Waals surface area contributed by atoms with E-state index in [0.29, 0.717) is 18.2 Å². The largest absolute Gasteiger partial charge is 0.369 e. The summed E-state index contributed by atoms with van der Waals surface area (Å²) in [6.45, 7) is 5.82. The molecule has 1 aromatic carbocycles. The number of thioether (sulfide) groups is 1. The number of piperazine rings is 1. The van der Waals surface area contributed by atoms with E-state index in [2.05, 4.69) is 44.4 Å². The van der Waals surface area contributed by atoms with Gasteiger partial charge in [-0.05, 0) is 12.1 Å². The van der Waals surface area contributed by atoms with Crippen molar-refractivity contribution in [3.8, 4) is 0 Å². The summed E-state index contributed by atoms with van der Waals surface area (Å²) in [5, 5.41) is 3.57. The van der Waals surface area contributed by atoms with Gasteiger partial charge in [0.1, 0.15) is 5.56 Å². The summed E-state index contributed by atoms with van der Waals surface area (Å²) < 4.78 is 1.59. The van der Waals surface area contributed by atoms with E-state index in [1.807, 2.05) is 6.07 Å². The van der Waals surface area contributed by atoms with E-state index < -0.39 is 0 Å². The van der Waals surface area contributed by atoms with Gasteiger partial charge in [0.15, 0.2) is 5.16 Å². The van der Waals surface area contributed by atoms with Crippen LogP contribution in [0.1, 0.15) is 10.4 Å². The van der Waals surface area contributed by atoms with Gasteiger partial charge in [-0.15, -0.1) is 0 Å². The zero-order chi connectivity index (χ0) is 18.6. The van der Waals surface area contributed by atoms with E-state index in [0.717, 1.165) is 38.5 Å². The Morgan fingerprint density at radius 2 is 1.89 bits per heavy atom. The van der Waals surface area contributed by atoms with Crippen LogP contribution < -0.4 is 15.8 Å². The van der Waals surface area contributed by atoms with Gasteiger partial charge in [-0.25, -0.2) is 4.98 Å². The van der Waals surface area contributed by atoms with E-state index in [9.17, 15) is 9.59 Å². The molecule has 0 spiro atoms. The predicted molar refractivity (Wildman–Crippen MR) is 107 cm³/mol. The van der Waals surface area contributed by atoms with Gasteiger partial charge in [0.25, 0.3) is 11.5 Å². The van der Waals surface area contributed by atoms with Gasteiger partial charge in [0.05, 0.1) is 0 Å². The molecule has 1 fully saturated rings. The van der Waals surface area contributed by atoms with Gasteiger partial charge in [0.2, 0.25) is 0 Å².